The summed E-state index contributed by atoms with van der Waals surface area (Å²) in [4.78, 5) is 6.65. The first-order valence-corrected chi connectivity index (χ1v) is 6.45. The van der Waals surface area contributed by atoms with E-state index >= 15 is 0 Å². The molecule has 20 heavy (non-hydrogen) atoms. The molecule has 1 fully saturated rings. The van der Waals surface area contributed by atoms with E-state index in [1.165, 1.54) is 11.8 Å². The Bertz CT molecular complexity index is 597. The lowest BCUT2D eigenvalue weighted by molar-refractivity contribution is 0.356. The summed E-state index contributed by atoms with van der Waals surface area (Å²) in [5.74, 6) is 0. The summed E-state index contributed by atoms with van der Waals surface area (Å²) in [6, 6.07) is 1.94. The Kier molecular flexibility index (Phi) is 3.20. The smallest absolute Gasteiger partial charge is 0.147 e. The van der Waals surface area contributed by atoms with Gasteiger partial charge in [-0.25, -0.2) is 4.99 Å². The third-order valence-corrected chi connectivity index (χ3v) is 3.55. The number of nitrogens with zero attached hydrogens (tertiary/aromatic N) is 2. The maximum atomic E-state index is 5.68. The van der Waals surface area contributed by atoms with Crippen LogP contribution < -0.4 is 16.8 Å². The van der Waals surface area contributed by atoms with Gasteiger partial charge in [-0.1, -0.05) is 0 Å². The fraction of sp³-hybridized carbons (Fsp3) is 0.214. The zero-order valence-corrected chi connectivity index (χ0v) is 11.0. The van der Waals surface area contributed by atoms with Gasteiger partial charge in [-0.05, 0) is 24.8 Å². The predicted octanol–water partition coefficient (Wildman–Crippen LogP) is 0.926. The maximum absolute atomic E-state index is 5.68. The predicted molar refractivity (Wildman–Crippen MR) is 78.0 cm³/mol. The van der Waals surface area contributed by atoms with Crippen LogP contribution in [-0.4, -0.2) is 23.9 Å². The number of likely N-dealkylation sites (tertiary alicyclic amines) is 1. The van der Waals surface area contributed by atoms with Crippen LogP contribution in [0.5, 0.6) is 0 Å². The van der Waals surface area contributed by atoms with Gasteiger partial charge in [-0.2, -0.15) is 0 Å². The lowest BCUT2D eigenvalue weighted by atomic mass is 10.1. The summed E-state index contributed by atoms with van der Waals surface area (Å²) in [5, 5.41) is 3.21. The van der Waals surface area contributed by atoms with Gasteiger partial charge in [0, 0.05) is 23.9 Å². The summed E-state index contributed by atoms with van der Waals surface area (Å²) >= 11 is 0. The van der Waals surface area contributed by atoms with Crippen LogP contribution >= 0.6 is 0 Å². The topological polar surface area (TPSA) is 92.8 Å². The lowest BCUT2D eigenvalue weighted by Crippen LogP contribution is -2.32. The highest BCUT2D eigenvalue weighted by molar-refractivity contribution is 5.81. The molecule has 0 aliphatic carbocycles. The van der Waals surface area contributed by atoms with Crippen LogP contribution in [0.2, 0.25) is 0 Å². The van der Waals surface area contributed by atoms with Crippen molar-refractivity contribution in [2.45, 2.75) is 12.6 Å². The van der Waals surface area contributed by atoms with Crippen LogP contribution in [0.25, 0.3) is 5.70 Å². The van der Waals surface area contributed by atoms with Crippen LogP contribution in [0.3, 0.4) is 0 Å². The van der Waals surface area contributed by atoms with Gasteiger partial charge in [0.2, 0.25) is 0 Å². The van der Waals surface area contributed by atoms with Crippen LogP contribution in [0.4, 0.5) is 0 Å². The van der Waals surface area contributed by atoms with E-state index in [0.717, 1.165) is 29.9 Å². The highest BCUT2D eigenvalue weighted by atomic mass is 16.3. The van der Waals surface area contributed by atoms with Crippen molar-refractivity contribution in [3.05, 3.63) is 53.9 Å². The van der Waals surface area contributed by atoms with Crippen molar-refractivity contribution in [1.82, 2.24) is 10.2 Å². The molecule has 6 heteroatoms. The van der Waals surface area contributed by atoms with Gasteiger partial charge in [0.15, 0.2) is 0 Å². The molecule has 1 aromatic heterocycles. The number of fused-ring (bicyclic) bond motifs is 1. The van der Waals surface area contributed by atoms with Crippen molar-refractivity contribution >= 4 is 12.0 Å². The summed E-state index contributed by atoms with van der Waals surface area (Å²) in [6.07, 6.45) is 10.8. The van der Waals surface area contributed by atoms with E-state index in [4.69, 9.17) is 15.9 Å². The third-order valence-electron chi connectivity index (χ3n) is 3.55. The number of hydrogen-bond acceptors (Lipinski definition) is 6. The summed E-state index contributed by atoms with van der Waals surface area (Å²) in [6.45, 7) is 0.855. The minimum atomic E-state index is -0.0350. The highest BCUT2D eigenvalue weighted by Crippen LogP contribution is 2.34. The van der Waals surface area contributed by atoms with Crippen molar-refractivity contribution in [2.75, 3.05) is 6.54 Å². The van der Waals surface area contributed by atoms with Crippen LogP contribution in [0, 0.1) is 0 Å². The number of aliphatic imine (C=N–C) groups is 1. The molecule has 0 aromatic carbocycles. The number of nitrogens with two attached hydrogens (primary N) is 2. The Hall–Kier alpha value is -2.63. The fourth-order valence-electron chi connectivity index (χ4n) is 2.66. The van der Waals surface area contributed by atoms with Crippen LogP contribution in [0.1, 0.15) is 12.0 Å². The molecule has 1 aromatic rings. The standard InChI is InChI=1S/C14H17N5O/c15-4-1-11(7-16)19-5-2-12-13(10-3-6-20-8-10)17-9-18-14(12)19/h1,3-4,6-9,14H,2,5,15-16H2,(H,17,18)/b4-1-,11-7+. The Morgan fingerprint density at radius 1 is 1.50 bits per heavy atom. The first kappa shape index (κ1) is 12.4. The second-order valence-corrected chi connectivity index (χ2v) is 4.60. The number of rotatable bonds is 3. The summed E-state index contributed by atoms with van der Waals surface area (Å²) in [7, 11) is 0. The van der Waals surface area contributed by atoms with Gasteiger partial charge in [0.25, 0.3) is 0 Å². The summed E-state index contributed by atoms with van der Waals surface area (Å²) < 4.78 is 5.16. The minimum absolute atomic E-state index is 0.0350. The van der Waals surface area contributed by atoms with E-state index < -0.39 is 0 Å². The second-order valence-electron chi connectivity index (χ2n) is 4.60. The third kappa shape index (κ3) is 1.95. The molecule has 5 N–H and O–H groups in total. The molecule has 0 saturated carbocycles. The normalized spacial score (nSPS) is 22.5. The molecule has 0 amide bonds. The monoisotopic (exact) mass is 271 g/mol. The van der Waals surface area contributed by atoms with E-state index in [-0.39, 0.29) is 6.17 Å². The van der Waals surface area contributed by atoms with Gasteiger partial charge < -0.3 is 26.1 Å². The van der Waals surface area contributed by atoms with E-state index in [1.807, 2.05) is 6.07 Å². The number of furan rings is 1. The molecule has 3 heterocycles. The molecular formula is C14H17N5O. The minimum Gasteiger partial charge on any atom is -0.472 e. The molecular weight excluding hydrogens is 254 g/mol. The van der Waals surface area contributed by atoms with Gasteiger partial charge >= 0.3 is 0 Å². The molecule has 2 aliphatic heterocycles. The molecule has 104 valence electrons. The Labute approximate surface area is 117 Å². The number of nitrogens with one attached hydrogen (secondary N) is 1. The first-order valence-electron chi connectivity index (χ1n) is 6.45. The van der Waals surface area contributed by atoms with Crippen molar-refractivity contribution in [3.8, 4) is 0 Å². The van der Waals surface area contributed by atoms with Gasteiger partial charge in [-0.15, -0.1) is 0 Å². The average Bonchev–Trinajstić information content (AvgIpc) is 3.13. The maximum Gasteiger partial charge on any atom is 0.147 e. The largest absolute Gasteiger partial charge is 0.472 e. The van der Waals surface area contributed by atoms with Crippen LogP contribution in [-0.2, 0) is 0 Å². The zero-order chi connectivity index (χ0) is 13.9. The van der Waals surface area contributed by atoms with Crippen LogP contribution in [0.15, 0.2) is 57.7 Å². The van der Waals surface area contributed by atoms with Crippen molar-refractivity contribution in [2.24, 2.45) is 16.5 Å². The first-order chi connectivity index (χ1) is 9.85. The highest BCUT2D eigenvalue weighted by Gasteiger charge is 2.33. The molecule has 3 rings (SSSR count). The number of hydrogen-bond donors (Lipinski definition) is 3. The molecule has 6 nitrogen and oxygen atoms in total. The second kappa shape index (κ2) is 5.16. The molecule has 0 bridgehead atoms. The van der Waals surface area contributed by atoms with Crippen molar-refractivity contribution < 1.29 is 4.42 Å². The Morgan fingerprint density at radius 2 is 2.40 bits per heavy atom. The van der Waals surface area contributed by atoms with Gasteiger partial charge in [0.05, 0.1) is 30.3 Å². The number of allylic oxidation sites excluding steroid dienone is 1. The van der Waals surface area contributed by atoms with Crippen molar-refractivity contribution in [3.63, 3.8) is 0 Å². The van der Waals surface area contributed by atoms with E-state index in [1.54, 1.807) is 31.1 Å². The quantitative estimate of drug-likeness (QED) is 0.711. The van der Waals surface area contributed by atoms with Gasteiger partial charge in [0.1, 0.15) is 6.17 Å². The van der Waals surface area contributed by atoms with E-state index in [9.17, 15) is 0 Å². The SMILES string of the molecule is N/C=C\C(=C/N)N1CCC2=C(c3ccoc3)NC=NC21. The molecule has 1 unspecified atom stereocenters. The Balaban J connectivity index is 1.96. The fourth-order valence-corrected chi connectivity index (χ4v) is 2.66. The Morgan fingerprint density at radius 3 is 3.10 bits per heavy atom. The van der Waals surface area contributed by atoms with Crippen molar-refractivity contribution in [1.29, 1.82) is 0 Å². The molecule has 2 aliphatic rings. The molecule has 1 saturated heterocycles. The van der Waals surface area contributed by atoms with E-state index in [2.05, 4.69) is 15.2 Å². The van der Waals surface area contributed by atoms with E-state index in [0.29, 0.717) is 0 Å². The zero-order valence-electron chi connectivity index (χ0n) is 11.0. The average molecular weight is 271 g/mol. The molecule has 1 atom stereocenters. The molecule has 0 radical (unpaired) electrons. The van der Waals surface area contributed by atoms with Gasteiger partial charge in [-0.3, -0.25) is 0 Å². The lowest BCUT2D eigenvalue weighted by Gasteiger charge is -2.27. The molecule has 0 spiro atoms. The summed E-state index contributed by atoms with van der Waals surface area (Å²) in [5.41, 5.74) is 15.4.